The molecule has 0 fully saturated rings. The molecule has 0 atom stereocenters. The summed E-state index contributed by atoms with van der Waals surface area (Å²) >= 11 is 5.94. The molecule has 0 unspecified atom stereocenters. The molecule has 0 aliphatic carbocycles. The zero-order valence-corrected chi connectivity index (χ0v) is 20.4. The van der Waals surface area contributed by atoms with Gasteiger partial charge in [-0.1, -0.05) is 31.5 Å². The molecule has 0 bridgehead atoms. The van der Waals surface area contributed by atoms with E-state index in [2.05, 4.69) is 10.4 Å². The summed E-state index contributed by atoms with van der Waals surface area (Å²) in [5, 5.41) is 7.38. The van der Waals surface area contributed by atoms with E-state index in [-0.39, 0.29) is 16.3 Å². The third-order valence-corrected chi connectivity index (χ3v) is 7.61. The Kier molecular flexibility index (Phi) is 7.36. The maximum absolute atomic E-state index is 13.0. The van der Waals surface area contributed by atoms with Crippen LogP contribution in [0.3, 0.4) is 0 Å². The quantitative estimate of drug-likeness (QED) is 0.545. The van der Waals surface area contributed by atoms with E-state index in [0.717, 1.165) is 0 Å². The number of hydrogen-bond acceptors (Lipinski definition) is 5. The van der Waals surface area contributed by atoms with E-state index >= 15 is 0 Å². The van der Waals surface area contributed by atoms with Gasteiger partial charge in [-0.05, 0) is 55.8 Å². The number of anilines is 1. The summed E-state index contributed by atoms with van der Waals surface area (Å²) in [6.45, 7) is 7.57. The van der Waals surface area contributed by atoms with Crippen LogP contribution >= 0.6 is 11.6 Å². The molecule has 1 aromatic heterocycles. The molecule has 0 saturated carbocycles. The molecule has 10 heteroatoms. The summed E-state index contributed by atoms with van der Waals surface area (Å²) in [6.07, 6.45) is 0. The molecule has 3 aromatic rings. The number of nitrogens with zero attached hydrogens (tertiary/aromatic N) is 3. The van der Waals surface area contributed by atoms with Gasteiger partial charge < -0.3 is 5.32 Å². The molecule has 1 N–H and O–H groups in total. The Morgan fingerprint density at radius 1 is 1.06 bits per heavy atom. The van der Waals surface area contributed by atoms with Crippen LogP contribution in [-0.2, 0) is 10.0 Å². The van der Waals surface area contributed by atoms with Crippen LogP contribution in [0.15, 0.2) is 58.2 Å². The molecule has 0 aliphatic rings. The standard InChI is InChI=1S/C23H25ClN4O4S/c1-5-27(6-2)33(31,32)21-14-18(10-7-15(21)3)25-23(30)22-20(29)13-16(4)28(26-22)19-11-8-17(24)9-12-19/h7-14H,5-6H2,1-4H3,(H,25,30). The Morgan fingerprint density at radius 2 is 1.70 bits per heavy atom. The molecular weight excluding hydrogens is 464 g/mol. The molecule has 174 valence electrons. The van der Waals surface area contributed by atoms with Gasteiger partial charge >= 0.3 is 0 Å². The first-order valence-corrected chi connectivity index (χ1v) is 12.2. The van der Waals surface area contributed by atoms with E-state index < -0.39 is 21.4 Å². The van der Waals surface area contributed by atoms with E-state index in [4.69, 9.17) is 11.6 Å². The van der Waals surface area contributed by atoms with Crippen molar-refractivity contribution in [3.63, 3.8) is 0 Å². The molecule has 3 rings (SSSR count). The lowest BCUT2D eigenvalue weighted by atomic mass is 10.2. The van der Waals surface area contributed by atoms with E-state index in [1.54, 1.807) is 64.1 Å². The summed E-state index contributed by atoms with van der Waals surface area (Å²) in [6, 6.07) is 12.7. The van der Waals surface area contributed by atoms with E-state index in [1.807, 2.05) is 0 Å². The lowest BCUT2D eigenvalue weighted by Gasteiger charge is -2.20. The van der Waals surface area contributed by atoms with Crippen LogP contribution < -0.4 is 10.7 Å². The van der Waals surface area contributed by atoms with Gasteiger partial charge in [-0.2, -0.15) is 9.40 Å². The Bertz CT molecular complexity index is 1350. The number of sulfonamides is 1. The fourth-order valence-corrected chi connectivity index (χ4v) is 5.23. The topological polar surface area (TPSA) is 101 Å². The second-order valence-electron chi connectivity index (χ2n) is 7.41. The molecule has 33 heavy (non-hydrogen) atoms. The number of nitrogens with one attached hydrogen (secondary N) is 1. The van der Waals surface area contributed by atoms with Crippen LogP contribution in [0.5, 0.6) is 0 Å². The van der Waals surface area contributed by atoms with Crippen LogP contribution in [0, 0.1) is 13.8 Å². The van der Waals surface area contributed by atoms with E-state index in [0.29, 0.717) is 35.1 Å². The third-order valence-electron chi connectivity index (χ3n) is 5.16. The molecule has 0 spiro atoms. The van der Waals surface area contributed by atoms with E-state index in [9.17, 15) is 18.0 Å². The lowest BCUT2D eigenvalue weighted by molar-refractivity contribution is 0.101. The van der Waals surface area contributed by atoms with Crippen LogP contribution in [-0.4, -0.2) is 41.5 Å². The number of amides is 1. The van der Waals surface area contributed by atoms with Crippen LogP contribution in [0.1, 0.15) is 35.6 Å². The largest absolute Gasteiger partial charge is 0.320 e. The van der Waals surface area contributed by atoms with Crippen molar-refractivity contribution < 1.29 is 13.2 Å². The van der Waals surface area contributed by atoms with Gasteiger partial charge in [0.25, 0.3) is 5.91 Å². The summed E-state index contributed by atoms with van der Waals surface area (Å²) in [7, 11) is -3.73. The van der Waals surface area contributed by atoms with Gasteiger partial charge in [-0.25, -0.2) is 13.1 Å². The number of carbonyl (C=O) groups is 1. The van der Waals surface area contributed by atoms with Crippen molar-refractivity contribution in [3.05, 3.63) is 80.7 Å². The third kappa shape index (κ3) is 5.16. The van der Waals surface area contributed by atoms with Crippen molar-refractivity contribution in [2.24, 2.45) is 0 Å². The smallest absolute Gasteiger partial charge is 0.280 e. The average Bonchev–Trinajstić information content (AvgIpc) is 2.76. The zero-order chi connectivity index (χ0) is 24.3. The predicted octanol–water partition coefficient (Wildman–Crippen LogP) is 3.79. The normalized spacial score (nSPS) is 11.6. The number of hydrogen-bond donors (Lipinski definition) is 1. The second kappa shape index (κ2) is 9.86. The van der Waals surface area contributed by atoms with Gasteiger partial charge in [-0.3, -0.25) is 9.59 Å². The maximum atomic E-state index is 13.0. The van der Waals surface area contributed by atoms with Crippen LogP contribution in [0.2, 0.25) is 5.02 Å². The first-order valence-electron chi connectivity index (χ1n) is 10.4. The molecule has 0 radical (unpaired) electrons. The minimum Gasteiger partial charge on any atom is -0.320 e. The van der Waals surface area contributed by atoms with Gasteiger partial charge in [0.15, 0.2) is 5.69 Å². The first-order chi connectivity index (χ1) is 15.6. The van der Waals surface area contributed by atoms with Crippen molar-refractivity contribution in [1.29, 1.82) is 0 Å². The number of aryl methyl sites for hydroxylation is 2. The highest BCUT2D eigenvalue weighted by Gasteiger charge is 2.24. The number of carbonyl (C=O) groups excluding carboxylic acids is 1. The average molecular weight is 489 g/mol. The number of rotatable bonds is 7. The first kappa shape index (κ1) is 24.6. The van der Waals surface area contributed by atoms with Crippen LogP contribution in [0.25, 0.3) is 5.69 Å². The van der Waals surface area contributed by atoms with Gasteiger partial charge in [0.1, 0.15) is 0 Å². The second-order valence-corrected chi connectivity index (χ2v) is 9.75. The Balaban J connectivity index is 1.97. The molecule has 1 amide bonds. The summed E-state index contributed by atoms with van der Waals surface area (Å²) in [5.41, 5.74) is 1.12. The zero-order valence-electron chi connectivity index (χ0n) is 18.8. The number of benzene rings is 2. The molecular formula is C23H25ClN4O4S. The highest BCUT2D eigenvalue weighted by atomic mass is 35.5. The van der Waals surface area contributed by atoms with Gasteiger partial charge in [0.05, 0.1) is 10.6 Å². The van der Waals surface area contributed by atoms with Crippen molar-refractivity contribution in [2.75, 3.05) is 18.4 Å². The monoisotopic (exact) mass is 488 g/mol. The van der Waals surface area contributed by atoms with Gasteiger partial charge in [-0.15, -0.1) is 0 Å². The Morgan fingerprint density at radius 3 is 2.30 bits per heavy atom. The van der Waals surface area contributed by atoms with E-state index in [1.165, 1.54) is 21.1 Å². The van der Waals surface area contributed by atoms with Crippen LogP contribution in [0.4, 0.5) is 5.69 Å². The summed E-state index contributed by atoms with van der Waals surface area (Å²) in [4.78, 5) is 25.5. The van der Waals surface area contributed by atoms with Crippen molar-refractivity contribution >= 4 is 33.2 Å². The summed E-state index contributed by atoms with van der Waals surface area (Å²) in [5.74, 6) is -0.738. The molecule has 8 nitrogen and oxygen atoms in total. The Labute approximate surface area is 197 Å². The highest BCUT2D eigenvalue weighted by molar-refractivity contribution is 7.89. The molecule has 0 saturated heterocycles. The van der Waals surface area contributed by atoms with Gasteiger partial charge in [0, 0.05) is 35.6 Å². The molecule has 1 heterocycles. The lowest BCUT2D eigenvalue weighted by Crippen LogP contribution is -2.31. The summed E-state index contributed by atoms with van der Waals surface area (Å²) < 4.78 is 28.8. The minimum atomic E-state index is -3.73. The minimum absolute atomic E-state index is 0.0967. The fraction of sp³-hybridized carbons (Fsp3) is 0.261. The van der Waals surface area contributed by atoms with Crippen molar-refractivity contribution in [1.82, 2.24) is 14.1 Å². The SMILES string of the molecule is CCN(CC)S(=O)(=O)c1cc(NC(=O)c2nn(-c3ccc(Cl)cc3)c(C)cc2=O)ccc1C. The molecule has 0 aliphatic heterocycles. The van der Waals surface area contributed by atoms with Gasteiger partial charge in [0.2, 0.25) is 15.5 Å². The number of halogens is 1. The van der Waals surface area contributed by atoms with Crippen molar-refractivity contribution in [2.45, 2.75) is 32.6 Å². The number of aromatic nitrogens is 2. The Hall–Kier alpha value is -3.01. The predicted molar refractivity (Wildman–Crippen MR) is 129 cm³/mol. The molecule has 2 aromatic carbocycles. The maximum Gasteiger partial charge on any atom is 0.280 e. The fourth-order valence-electron chi connectivity index (χ4n) is 3.40. The van der Waals surface area contributed by atoms with Crippen molar-refractivity contribution in [3.8, 4) is 5.69 Å². The highest BCUT2D eigenvalue weighted by Crippen LogP contribution is 2.24.